The molecule has 0 bridgehead atoms. The molecule has 2 rings (SSSR count). The standard InChI is InChI=1S/C22H31N3O2/c1-4-25(5-2)15-14-23-16-19-8-6-7-9-21(19)27-17-22(26)24-20-12-10-18(3)11-13-20/h6-13,23H,4-5,14-17H2,1-3H3,(H,24,26). The van der Waals surface area contributed by atoms with Crippen molar-refractivity contribution in [1.82, 2.24) is 10.2 Å². The Labute approximate surface area is 162 Å². The van der Waals surface area contributed by atoms with Crippen LogP contribution in [-0.4, -0.2) is 43.6 Å². The summed E-state index contributed by atoms with van der Waals surface area (Å²) in [6.45, 7) is 11.1. The van der Waals surface area contributed by atoms with Crippen molar-refractivity contribution in [2.45, 2.75) is 27.3 Å². The zero-order chi connectivity index (χ0) is 19.5. The lowest BCUT2D eigenvalue weighted by Crippen LogP contribution is -2.31. The number of likely N-dealkylation sites (N-methyl/N-ethyl adjacent to an activating group) is 1. The second kappa shape index (κ2) is 11.4. The Kier molecular flexibility index (Phi) is 8.81. The number of para-hydroxylation sites is 1. The van der Waals surface area contributed by atoms with Gasteiger partial charge in [0.05, 0.1) is 0 Å². The SMILES string of the molecule is CCN(CC)CCNCc1ccccc1OCC(=O)Nc1ccc(C)cc1. The molecule has 0 aromatic heterocycles. The Bertz CT molecular complexity index is 697. The Morgan fingerprint density at radius 2 is 1.74 bits per heavy atom. The number of anilines is 1. The summed E-state index contributed by atoms with van der Waals surface area (Å²) in [6.07, 6.45) is 0. The summed E-state index contributed by atoms with van der Waals surface area (Å²) in [5.74, 6) is 0.579. The summed E-state index contributed by atoms with van der Waals surface area (Å²) in [5.41, 5.74) is 2.99. The molecule has 0 saturated carbocycles. The fraction of sp³-hybridized carbons (Fsp3) is 0.409. The molecule has 2 aromatic rings. The fourth-order valence-corrected chi connectivity index (χ4v) is 2.77. The van der Waals surface area contributed by atoms with Crippen LogP contribution in [0.25, 0.3) is 0 Å². The van der Waals surface area contributed by atoms with Crippen molar-refractivity contribution in [3.63, 3.8) is 0 Å². The highest BCUT2D eigenvalue weighted by Crippen LogP contribution is 2.18. The summed E-state index contributed by atoms with van der Waals surface area (Å²) < 4.78 is 5.75. The van der Waals surface area contributed by atoms with Crippen molar-refractivity contribution >= 4 is 11.6 Å². The first-order valence-corrected chi connectivity index (χ1v) is 9.62. The molecule has 5 nitrogen and oxygen atoms in total. The zero-order valence-corrected chi connectivity index (χ0v) is 16.6. The van der Waals surface area contributed by atoms with Crippen molar-refractivity contribution in [1.29, 1.82) is 0 Å². The Morgan fingerprint density at radius 3 is 2.44 bits per heavy atom. The van der Waals surface area contributed by atoms with Gasteiger partial charge in [0, 0.05) is 30.9 Å². The van der Waals surface area contributed by atoms with Crippen LogP contribution in [0.15, 0.2) is 48.5 Å². The molecule has 0 aliphatic rings. The first-order valence-electron chi connectivity index (χ1n) is 9.62. The molecule has 0 atom stereocenters. The van der Waals surface area contributed by atoms with Crippen LogP contribution in [0.2, 0.25) is 0 Å². The number of ether oxygens (including phenoxy) is 1. The minimum Gasteiger partial charge on any atom is -0.483 e. The number of nitrogens with zero attached hydrogens (tertiary/aromatic N) is 1. The van der Waals surface area contributed by atoms with Crippen molar-refractivity contribution in [2.75, 3.05) is 38.1 Å². The number of amides is 1. The van der Waals surface area contributed by atoms with Gasteiger partial charge in [0.15, 0.2) is 6.61 Å². The Balaban J connectivity index is 1.80. The lowest BCUT2D eigenvalue weighted by atomic mass is 10.2. The lowest BCUT2D eigenvalue weighted by molar-refractivity contribution is -0.118. The highest BCUT2D eigenvalue weighted by molar-refractivity contribution is 5.91. The molecular formula is C22H31N3O2. The molecule has 0 saturated heterocycles. The number of benzene rings is 2. The molecule has 2 aromatic carbocycles. The van der Waals surface area contributed by atoms with Crippen LogP contribution in [0.3, 0.4) is 0 Å². The zero-order valence-electron chi connectivity index (χ0n) is 16.6. The third kappa shape index (κ3) is 7.41. The van der Waals surface area contributed by atoms with Gasteiger partial charge in [-0.15, -0.1) is 0 Å². The number of nitrogens with one attached hydrogen (secondary N) is 2. The van der Waals surface area contributed by atoms with Crippen LogP contribution in [-0.2, 0) is 11.3 Å². The van der Waals surface area contributed by atoms with E-state index in [-0.39, 0.29) is 12.5 Å². The average molecular weight is 370 g/mol. The van der Waals surface area contributed by atoms with Crippen LogP contribution < -0.4 is 15.4 Å². The summed E-state index contributed by atoms with van der Waals surface area (Å²) in [7, 11) is 0. The second-order valence-corrected chi connectivity index (χ2v) is 6.51. The molecule has 0 unspecified atom stereocenters. The van der Waals surface area contributed by atoms with Gasteiger partial charge in [-0.1, -0.05) is 49.7 Å². The summed E-state index contributed by atoms with van der Waals surface area (Å²) in [5, 5.41) is 6.30. The van der Waals surface area contributed by atoms with E-state index in [0.717, 1.165) is 55.3 Å². The Morgan fingerprint density at radius 1 is 1.04 bits per heavy atom. The molecule has 2 N–H and O–H groups in total. The first kappa shape index (κ1) is 20.9. The van der Waals surface area contributed by atoms with E-state index < -0.39 is 0 Å². The second-order valence-electron chi connectivity index (χ2n) is 6.51. The molecule has 0 radical (unpaired) electrons. The lowest BCUT2D eigenvalue weighted by Gasteiger charge is -2.18. The van der Waals surface area contributed by atoms with E-state index in [4.69, 9.17) is 4.74 Å². The third-order valence-electron chi connectivity index (χ3n) is 4.48. The first-order chi connectivity index (χ1) is 13.1. The maximum Gasteiger partial charge on any atom is 0.262 e. The minimum atomic E-state index is -0.164. The van der Waals surface area contributed by atoms with Gasteiger partial charge in [-0.3, -0.25) is 4.79 Å². The fourth-order valence-electron chi connectivity index (χ4n) is 2.77. The summed E-state index contributed by atoms with van der Waals surface area (Å²) in [4.78, 5) is 14.5. The highest BCUT2D eigenvalue weighted by atomic mass is 16.5. The number of hydrogen-bond donors (Lipinski definition) is 2. The van der Waals surface area contributed by atoms with E-state index in [0.29, 0.717) is 0 Å². The van der Waals surface area contributed by atoms with Gasteiger partial charge >= 0.3 is 0 Å². The maximum absolute atomic E-state index is 12.1. The van der Waals surface area contributed by atoms with Gasteiger partial charge in [0.1, 0.15) is 5.75 Å². The largest absolute Gasteiger partial charge is 0.483 e. The van der Waals surface area contributed by atoms with E-state index in [1.54, 1.807) is 0 Å². The molecule has 5 heteroatoms. The van der Waals surface area contributed by atoms with Crippen LogP contribution >= 0.6 is 0 Å². The topological polar surface area (TPSA) is 53.6 Å². The Hall–Kier alpha value is -2.37. The quantitative estimate of drug-likeness (QED) is 0.596. The van der Waals surface area contributed by atoms with E-state index >= 15 is 0 Å². The molecule has 0 fully saturated rings. The molecule has 0 spiro atoms. The van der Waals surface area contributed by atoms with Crippen LogP contribution in [0, 0.1) is 6.92 Å². The molecular weight excluding hydrogens is 338 g/mol. The van der Waals surface area contributed by atoms with Crippen molar-refractivity contribution in [2.24, 2.45) is 0 Å². The monoisotopic (exact) mass is 369 g/mol. The van der Waals surface area contributed by atoms with E-state index in [9.17, 15) is 4.79 Å². The smallest absolute Gasteiger partial charge is 0.262 e. The van der Waals surface area contributed by atoms with Gasteiger partial charge < -0.3 is 20.3 Å². The minimum absolute atomic E-state index is 0.00959. The molecule has 0 aliphatic carbocycles. The molecule has 27 heavy (non-hydrogen) atoms. The van der Waals surface area contributed by atoms with Gasteiger partial charge in [-0.2, -0.15) is 0 Å². The van der Waals surface area contributed by atoms with Gasteiger partial charge in [-0.25, -0.2) is 0 Å². The molecule has 0 heterocycles. The van der Waals surface area contributed by atoms with Gasteiger partial charge in [0.2, 0.25) is 0 Å². The summed E-state index contributed by atoms with van der Waals surface area (Å²) in [6, 6.07) is 15.6. The number of rotatable bonds is 11. The van der Waals surface area contributed by atoms with Gasteiger partial charge in [-0.05, 0) is 38.2 Å². The highest BCUT2D eigenvalue weighted by Gasteiger charge is 2.07. The predicted molar refractivity (Wildman–Crippen MR) is 111 cm³/mol. The molecule has 1 amide bonds. The van der Waals surface area contributed by atoms with E-state index in [2.05, 4.69) is 29.4 Å². The predicted octanol–water partition coefficient (Wildman–Crippen LogP) is 3.44. The number of hydrogen-bond acceptors (Lipinski definition) is 4. The van der Waals surface area contributed by atoms with Crippen LogP contribution in [0.5, 0.6) is 5.75 Å². The van der Waals surface area contributed by atoms with Crippen LogP contribution in [0.1, 0.15) is 25.0 Å². The number of carbonyl (C=O) groups is 1. The summed E-state index contributed by atoms with van der Waals surface area (Å²) >= 11 is 0. The number of aryl methyl sites for hydroxylation is 1. The van der Waals surface area contributed by atoms with Crippen LogP contribution in [0.4, 0.5) is 5.69 Å². The van der Waals surface area contributed by atoms with Crippen molar-refractivity contribution < 1.29 is 9.53 Å². The normalized spacial score (nSPS) is 10.8. The van der Waals surface area contributed by atoms with E-state index in [1.807, 2.05) is 55.5 Å². The van der Waals surface area contributed by atoms with Gasteiger partial charge in [0.25, 0.3) is 5.91 Å². The average Bonchev–Trinajstić information content (AvgIpc) is 2.69. The van der Waals surface area contributed by atoms with Crippen molar-refractivity contribution in [3.05, 3.63) is 59.7 Å². The number of carbonyl (C=O) groups excluding carboxylic acids is 1. The van der Waals surface area contributed by atoms with Crippen molar-refractivity contribution in [3.8, 4) is 5.75 Å². The molecule has 146 valence electrons. The van der Waals surface area contributed by atoms with E-state index in [1.165, 1.54) is 0 Å². The third-order valence-corrected chi connectivity index (χ3v) is 4.48. The maximum atomic E-state index is 12.1. The molecule has 0 aliphatic heterocycles.